The Morgan fingerprint density at radius 2 is 1.59 bits per heavy atom. The van der Waals surface area contributed by atoms with Crippen molar-refractivity contribution in [3.63, 3.8) is 0 Å². The van der Waals surface area contributed by atoms with Gasteiger partial charge in [0.2, 0.25) is 15.8 Å². The molecule has 2 aromatic rings. The number of carbonyl (C=O) groups excluding carboxylic acids is 1. The van der Waals surface area contributed by atoms with Gasteiger partial charge in [-0.3, -0.25) is 4.79 Å². The van der Waals surface area contributed by atoms with Crippen LogP contribution in [0, 0.1) is 20.8 Å². The second-order valence-electron chi connectivity index (χ2n) is 7.36. The SMILES string of the molecule is Cc1cc(C)c(C(=O)[C@@H](C)Oc2ccc(S(=O)(=O)N3CCOCC3)cc2)cc1C. The Morgan fingerprint density at radius 3 is 2.21 bits per heavy atom. The molecule has 29 heavy (non-hydrogen) atoms. The van der Waals surface area contributed by atoms with Crippen molar-refractivity contribution in [2.45, 2.75) is 38.7 Å². The maximum Gasteiger partial charge on any atom is 0.243 e. The van der Waals surface area contributed by atoms with E-state index in [0.717, 1.165) is 16.7 Å². The molecular formula is C22H27NO5S. The van der Waals surface area contributed by atoms with Crippen molar-refractivity contribution in [1.82, 2.24) is 4.31 Å². The van der Waals surface area contributed by atoms with Gasteiger partial charge < -0.3 is 9.47 Å². The minimum atomic E-state index is -3.55. The normalized spacial score (nSPS) is 16.4. The number of ketones is 1. The second-order valence-corrected chi connectivity index (χ2v) is 9.30. The molecule has 2 aromatic carbocycles. The number of Topliss-reactive ketones (excluding diaryl/α,β-unsaturated/α-hetero) is 1. The monoisotopic (exact) mass is 417 g/mol. The van der Waals surface area contributed by atoms with Crippen LogP contribution in [-0.4, -0.2) is 50.9 Å². The van der Waals surface area contributed by atoms with Crippen molar-refractivity contribution in [1.29, 1.82) is 0 Å². The Hall–Kier alpha value is -2.22. The molecule has 1 atom stereocenters. The summed E-state index contributed by atoms with van der Waals surface area (Å²) in [6.07, 6.45) is -0.683. The van der Waals surface area contributed by atoms with Crippen LogP contribution >= 0.6 is 0 Å². The molecule has 1 heterocycles. The van der Waals surface area contributed by atoms with Gasteiger partial charge in [0.1, 0.15) is 5.75 Å². The molecule has 0 aromatic heterocycles. The van der Waals surface area contributed by atoms with Gasteiger partial charge in [-0.05, 0) is 74.7 Å². The van der Waals surface area contributed by atoms with E-state index in [1.54, 1.807) is 19.1 Å². The van der Waals surface area contributed by atoms with Gasteiger partial charge >= 0.3 is 0 Å². The molecular weight excluding hydrogens is 390 g/mol. The van der Waals surface area contributed by atoms with Gasteiger partial charge in [-0.2, -0.15) is 4.31 Å². The number of sulfonamides is 1. The number of ether oxygens (including phenoxy) is 2. The fraction of sp³-hybridized carbons (Fsp3) is 0.409. The largest absolute Gasteiger partial charge is 0.483 e. The number of morpholine rings is 1. The lowest BCUT2D eigenvalue weighted by Crippen LogP contribution is -2.40. The van der Waals surface area contributed by atoms with Gasteiger partial charge in [0.05, 0.1) is 18.1 Å². The van der Waals surface area contributed by atoms with Gasteiger partial charge in [0, 0.05) is 18.7 Å². The van der Waals surface area contributed by atoms with E-state index in [4.69, 9.17) is 9.47 Å². The summed E-state index contributed by atoms with van der Waals surface area (Å²) in [6, 6.07) is 10.1. The molecule has 1 aliphatic rings. The van der Waals surface area contributed by atoms with Crippen molar-refractivity contribution in [3.8, 4) is 5.75 Å². The third-order valence-corrected chi connectivity index (χ3v) is 7.13. The van der Waals surface area contributed by atoms with Crippen LogP contribution < -0.4 is 4.74 Å². The smallest absolute Gasteiger partial charge is 0.243 e. The number of hydrogen-bond acceptors (Lipinski definition) is 5. The predicted molar refractivity (Wildman–Crippen MR) is 111 cm³/mol. The van der Waals surface area contributed by atoms with Gasteiger partial charge in [0.25, 0.3) is 0 Å². The molecule has 0 spiro atoms. The minimum Gasteiger partial charge on any atom is -0.483 e. The molecule has 3 rings (SSSR count). The summed E-state index contributed by atoms with van der Waals surface area (Å²) >= 11 is 0. The molecule has 0 saturated carbocycles. The molecule has 0 aliphatic carbocycles. The number of hydrogen-bond donors (Lipinski definition) is 0. The number of rotatable bonds is 6. The van der Waals surface area contributed by atoms with Gasteiger partial charge in [-0.1, -0.05) is 6.07 Å². The van der Waals surface area contributed by atoms with Gasteiger partial charge in [-0.15, -0.1) is 0 Å². The van der Waals surface area contributed by atoms with Crippen LogP contribution in [0.3, 0.4) is 0 Å². The Labute approximate surface area is 172 Å². The maximum absolute atomic E-state index is 12.8. The Balaban J connectivity index is 1.72. The van der Waals surface area contributed by atoms with Crippen LogP contribution in [0.15, 0.2) is 41.3 Å². The topological polar surface area (TPSA) is 72.9 Å². The second kappa shape index (κ2) is 8.65. The summed E-state index contributed by atoms with van der Waals surface area (Å²) in [5, 5.41) is 0. The molecule has 0 radical (unpaired) electrons. The van der Waals surface area contributed by atoms with Crippen molar-refractivity contribution >= 4 is 15.8 Å². The summed E-state index contributed by atoms with van der Waals surface area (Å²) in [5.74, 6) is 0.351. The molecule has 0 N–H and O–H groups in total. The van der Waals surface area contributed by atoms with Crippen LogP contribution in [0.1, 0.15) is 34.0 Å². The molecule has 1 aliphatic heterocycles. The highest BCUT2D eigenvalue weighted by Gasteiger charge is 2.26. The van der Waals surface area contributed by atoms with Crippen LogP contribution in [0.5, 0.6) is 5.75 Å². The quantitative estimate of drug-likeness (QED) is 0.675. The molecule has 156 valence electrons. The van der Waals surface area contributed by atoms with Crippen LogP contribution in [0.4, 0.5) is 0 Å². The lowest BCUT2D eigenvalue weighted by Gasteiger charge is -2.26. The highest BCUT2D eigenvalue weighted by molar-refractivity contribution is 7.89. The minimum absolute atomic E-state index is 0.101. The van der Waals surface area contributed by atoms with Crippen LogP contribution in [-0.2, 0) is 14.8 Å². The van der Waals surface area contributed by atoms with E-state index in [1.807, 2.05) is 32.9 Å². The van der Waals surface area contributed by atoms with Crippen LogP contribution in [0.2, 0.25) is 0 Å². The number of nitrogens with zero attached hydrogens (tertiary/aromatic N) is 1. The average molecular weight is 418 g/mol. The third kappa shape index (κ3) is 4.69. The summed E-state index contributed by atoms with van der Waals surface area (Å²) in [5.41, 5.74) is 3.76. The predicted octanol–water partition coefficient (Wildman–Crippen LogP) is 3.28. The molecule has 0 bridgehead atoms. The fourth-order valence-corrected chi connectivity index (χ4v) is 4.74. The zero-order chi connectivity index (χ0) is 21.2. The van der Waals surface area contributed by atoms with E-state index >= 15 is 0 Å². The number of carbonyl (C=O) groups is 1. The van der Waals surface area contributed by atoms with Crippen molar-refractivity contribution in [2.24, 2.45) is 0 Å². The highest BCUT2D eigenvalue weighted by Crippen LogP contribution is 2.23. The lowest BCUT2D eigenvalue weighted by molar-refractivity contribution is 0.0730. The molecule has 1 saturated heterocycles. The third-order valence-electron chi connectivity index (χ3n) is 5.22. The number of aryl methyl sites for hydroxylation is 3. The van der Waals surface area contributed by atoms with E-state index in [1.165, 1.54) is 16.4 Å². The zero-order valence-electron chi connectivity index (χ0n) is 17.3. The Morgan fingerprint density at radius 1 is 1.00 bits per heavy atom. The maximum atomic E-state index is 12.8. The van der Waals surface area contributed by atoms with Crippen molar-refractivity contribution in [3.05, 3.63) is 58.7 Å². The van der Waals surface area contributed by atoms with Gasteiger partial charge in [-0.25, -0.2) is 8.42 Å². The molecule has 7 heteroatoms. The fourth-order valence-electron chi connectivity index (χ4n) is 3.33. The summed E-state index contributed by atoms with van der Waals surface area (Å²) in [6.45, 7) is 9.11. The summed E-state index contributed by atoms with van der Waals surface area (Å²) < 4.78 is 37.8. The Kier molecular flexibility index (Phi) is 6.41. The standard InChI is InChI=1S/C22H27NO5S/c1-15-13-17(3)21(14-16(15)2)22(24)18(4)28-19-5-7-20(8-6-19)29(25,26)23-9-11-27-12-10-23/h5-8,13-14,18H,9-12H2,1-4H3/t18-/m1/s1. The molecule has 6 nitrogen and oxygen atoms in total. The number of benzene rings is 2. The zero-order valence-corrected chi connectivity index (χ0v) is 18.1. The first-order valence-electron chi connectivity index (χ1n) is 9.67. The highest BCUT2D eigenvalue weighted by atomic mass is 32.2. The van der Waals surface area contributed by atoms with E-state index in [2.05, 4.69) is 0 Å². The molecule has 0 unspecified atom stereocenters. The summed E-state index contributed by atoms with van der Waals surface area (Å²) in [4.78, 5) is 13.0. The van der Waals surface area contributed by atoms with E-state index in [-0.39, 0.29) is 10.7 Å². The average Bonchev–Trinajstić information content (AvgIpc) is 2.71. The summed E-state index contributed by atoms with van der Waals surface area (Å²) in [7, 11) is -3.55. The molecule has 1 fully saturated rings. The van der Waals surface area contributed by atoms with Crippen molar-refractivity contribution < 1.29 is 22.7 Å². The van der Waals surface area contributed by atoms with Crippen LogP contribution in [0.25, 0.3) is 0 Å². The van der Waals surface area contributed by atoms with E-state index in [0.29, 0.717) is 37.6 Å². The van der Waals surface area contributed by atoms with Gasteiger partial charge in [0.15, 0.2) is 6.10 Å². The Bertz CT molecular complexity index is 993. The van der Waals surface area contributed by atoms with E-state index < -0.39 is 16.1 Å². The first-order valence-corrected chi connectivity index (χ1v) is 11.1. The van der Waals surface area contributed by atoms with Crippen molar-refractivity contribution in [2.75, 3.05) is 26.3 Å². The lowest BCUT2D eigenvalue weighted by atomic mass is 9.96. The first-order chi connectivity index (χ1) is 13.7. The molecule has 0 amide bonds. The van der Waals surface area contributed by atoms with E-state index in [9.17, 15) is 13.2 Å². The first kappa shape index (κ1) is 21.5.